The summed E-state index contributed by atoms with van der Waals surface area (Å²) in [6.07, 6.45) is 4.23. The Balaban J connectivity index is 1.85. The van der Waals surface area contributed by atoms with Gasteiger partial charge >= 0.3 is 0 Å². The number of benzene rings is 2. The molecule has 1 atom stereocenters. The predicted molar refractivity (Wildman–Crippen MR) is 117 cm³/mol. The van der Waals surface area contributed by atoms with Crippen molar-refractivity contribution in [1.82, 2.24) is 9.97 Å². The van der Waals surface area contributed by atoms with Gasteiger partial charge in [-0.1, -0.05) is 31.0 Å². The SMILES string of the molecule is Cc1ccc(S(=O)(=O)[C@H](C#N)c2nc3ccccc3nc2NC2CCCC2)cc1C. The van der Waals surface area contributed by atoms with Crippen LogP contribution in [-0.4, -0.2) is 24.4 Å². The molecule has 3 aromatic rings. The van der Waals surface area contributed by atoms with E-state index in [0.29, 0.717) is 16.9 Å². The van der Waals surface area contributed by atoms with Gasteiger partial charge in [0.25, 0.3) is 0 Å². The van der Waals surface area contributed by atoms with Crippen LogP contribution in [0.1, 0.15) is 47.8 Å². The van der Waals surface area contributed by atoms with Gasteiger partial charge in [-0.15, -0.1) is 0 Å². The summed E-state index contributed by atoms with van der Waals surface area (Å²) in [5.41, 5.74) is 3.27. The van der Waals surface area contributed by atoms with E-state index in [1.807, 2.05) is 38.1 Å². The maximum atomic E-state index is 13.4. The highest BCUT2D eigenvalue weighted by molar-refractivity contribution is 7.92. The maximum Gasteiger partial charge on any atom is 0.200 e. The first-order chi connectivity index (χ1) is 14.4. The average molecular weight is 421 g/mol. The lowest BCUT2D eigenvalue weighted by atomic mass is 10.1. The van der Waals surface area contributed by atoms with Crippen molar-refractivity contribution in [3.8, 4) is 6.07 Å². The summed E-state index contributed by atoms with van der Waals surface area (Å²) < 4.78 is 26.9. The molecule has 1 aliphatic rings. The molecule has 1 aliphatic carbocycles. The van der Waals surface area contributed by atoms with Gasteiger partial charge in [-0.05, 0) is 62.1 Å². The highest BCUT2D eigenvalue weighted by atomic mass is 32.2. The quantitative estimate of drug-likeness (QED) is 0.646. The van der Waals surface area contributed by atoms with Gasteiger partial charge in [-0.3, -0.25) is 0 Å². The Labute approximate surface area is 176 Å². The second-order valence-electron chi connectivity index (χ2n) is 7.87. The molecule has 1 fully saturated rings. The Bertz CT molecular complexity index is 1240. The predicted octanol–water partition coefficient (Wildman–Crippen LogP) is 4.64. The lowest BCUT2D eigenvalue weighted by molar-refractivity contribution is 0.590. The van der Waals surface area contributed by atoms with Crippen molar-refractivity contribution in [3.63, 3.8) is 0 Å². The number of anilines is 1. The molecule has 0 aliphatic heterocycles. The lowest BCUT2D eigenvalue weighted by Crippen LogP contribution is -2.21. The van der Waals surface area contributed by atoms with E-state index in [2.05, 4.69) is 15.3 Å². The minimum Gasteiger partial charge on any atom is -0.366 e. The minimum absolute atomic E-state index is 0.124. The van der Waals surface area contributed by atoms with E-state index < -0.39 is 15.1 Å². The second-order valence-corrected chi connectivity index (χ2v) is 9.90. The van der Waals surface area contributed by atoms with E-state index in [1.165, 1.54) is 0 Å². The molecule has 0 bridgehead atoms. The van der Waals surface area contributed by atoms with Crippen molar-refractivity contribution in [1.29, 1.82) is 5.26 Å². The summed E-state index contributed by atoms with van der Waals surface area (Å²) in [5, 5.41) is 11.9. The first kappa shape index (κ1) is 20.3. The van der Waals surface area contributed by atoms with Crippen molar-refractivity contribution in [2.24, 2.45) is 0 Å². The van der Waals surface area contributed by atoms with Crippen LogP contribution in [0.15, 0.2) is 47.4 Å². The van der Waals surface area contributed by atoms with Crippen molar-refractivity contribution >= 4 is 26.7 Å². The van der Waals surface area contributed by atoms with Crippen molar-refractivity contribution in [2.45, 2.75) is 55.7 Å². The van der Waals surface area contributed by atoms with Gasteiger partial charge in [0.15, 0.2) is 11.1 Å². The van der Waals surface area contributed by atoms with Crippen LogP contribution >= 0.6 is 0 Å². The Morgan fingerprint density at radius 2 is 1.70 bits per heavy atom. The smallest absolute Gasteiger partial charge is 0.200 e. The number of aryl methyl sites for hydroxylation is 2. The number of aromatic nitrogens is 2. The van der Waals surface area contributed by atoms with Gasteiger partial charge < -0.3 is 5.32 Å². The van der Waals surface area contributed by atoms with Gasteiger partial charge in [-0.25, -0.2) is 18.4 Å². The molecule has 0 saturated heterocycles. The topological polar surface area (TPSA) is 95.7 Å². The Morgan fingerprint density at radius 3 is 2.33 bits per heavy atom. The highest BCUT2D eigenvalue weighted by Gasteiger charge is 2.34. The third-order valence-corrected chi connectivity index (χ3v) is 7.64. The molecule has 0 spiro atoms. The summed E-state index contributed by atoms with van der Waals surface area (Å²) >= 11 is 0. The fourth-order valence-corrected chi connectivity index (χ4v) is 5.34. The van der Waals surface area contributed by atoms with E-state index in [-0.39, 0.29) is 16.6 Å². The number of para-hydroxylation sites is 2. The number of fused-ring (bicyclic) bond motifs is 1. The largest absolute Gasteiger partial charge is 0.366 e. The summed E-state index contributed by atoms with van der Waals surface area (Å²) in [4.78, 5) is 9.37. The number of rotatable bonds is 5. The number of hydrogen-bond donors (Lipinski definition) is 1. The first-order valence-corrected chi connectivity index (χ1v) is 11.7. The third kappa shape index (κ3) is 3.75. The van der Waals surface area contributed by atoms with Crippen LogP contribution in [0.5, 0.6) is 0 Å². The second kappa shape index (κ2) is 8.04. The van der Waals surface area contributed by atoms with E-state index in [1.54, 1.807) is 24.3 Å². The fraction of sp³-hybridized carbons (Fsp3) is 0.348. The van der Waals surface area contributed by atoms with E-state index in [9.17, 15) is 13.7 Å². The molecule has 0 unspecified atom stereocenters. The third-order valence-electron chi connectivity index (χ3n) is 5.78. The lowest BCUT2D eigenvalue weighted by Gasteiger charge is -2.19. The van der Waals surface area contributed by atoms with Gasteiger partial charge in [0.05, 0.1) is 22.0 Å². The molecular formula is C23H24N4O2S. The van der Waals surface area contributed by atoms with Crippen LogP contribution in [0.25, 0.3) is 11.0 Å². The van der Waals surface area contributed by atoms with Crippen LogP contribution in [0.3, 0.4) is 0 Å². The van der Waals surface area contributed by atoms with Crippen LogP contribution in [0, 0.1) is 25.2 Å². The van der Waals surface area contributed by atoms with Crippen molar-refractivity contribution in [2.75, 3.05) is 5.32 Å². The molecule has 0 amide bonds. The molecule has 6 nitrogen and oxygen atoms in total. The molecule has 2 aromatic carbocycles. The molecule has 1 heterocycles. The summed E-state index contributed by atoms with van der Waals surface area (Å²) in [7, 11) is -3.97. The van der Waals surface area contributed by atoms with Crippen LogP contribution < -0.4 is 5.32 Å². The van der Waals surface area contributed by atoms with Gasteiger partial charge in [-0.2, -0.15) is 5.26 Å². The van der Waals surface area contributed by atoms with Crippen LogP contribution in [-0.2, 0) is 9.84 Å². The van der Waals surface area contributed by atoms with E-state index >= 15 is 0 Å². The minimum atomic E-state index is -3.97. The monoisotopic (exact) mass is 420 g/mol. The molecule has 0 radical (unpaired) electrons. The van der Waals surface area contributed by atoms with Crippen molar-refractivity contribution < 1.29 is 8.42 Å². The normalized spacial score (nSPS) is 15.8. The highest BCUT2D eigenvalue weighted by Crippen LogP contribution is 2.34. The van der Waals surface area contributed by atoms with Crippen LogP contribution in [0.2, 0.25) is 0 Å². The molecule has 1 saturated carbocycles. The molecule has 154 valence electrons. The molecule has 30 heavy (non-hydrogen) atoms. The fourth-order valence-electron chi connectivity index (χ4n) is 3.87. The molecule has 7 heteroatoms. The first-order valence-electron chi connectivity index (χ1n) is 10.1. The number of sulfone groups is 1. The molecule has 4 rings (SSSR count). The number of nitrogens with zero attached hydrogens (tertiary/aromatic N) is 3. The summed E-state index contributed by atoms with van der Waals surface area (Å²) in [6.45, 7) is 3.78. The number of nitrogens with one attached hydrogen (secondary N) is 1. The zero-order valence-electron chi connectivity index (χ0n) is 17.1. The zero-order chi connectivity index (χ0) is 21.3. The van der Waals surface area contributed by atoms with Crippen LogP contribution in [0.4, 0.5) is 5.82 Å². The molecular weight excluding hydrogens is 396 g/mol. The number of hydrogen-bond acceptors (Lipinski definition) is 6. The maximum absolute atomic E-state index is 13.4. The van der Waals surface area contributed by atoms with Gasteiger partial charge in [0.2, 0.25) is 9.84 Å². The van der Waals surface area contributed by atoms with Gasteiger partial charge in [0.1, 0.15) is 5.69 Å². The summed E-state index contributed by atoms with van der Waals surface area (Å²) in [5.74, 6) is 0.388. The average Bonchev–Trinajstić information content (AvgIpc) is 3.23. The standard InChI is InChI=1S/C23H24N4O2S/c1-15-11-12-18(13-16(15)2)30(28,29)21(14-24)22-23(25-17-7-3-4-8-17)27-20-10-6-5-9-19(20)26-22/h5-6,9-13,17,21H,3-4,7-8H2,1-2H3,(H,25,27)/t21-/m1/s1. The summed E-state index contributed by atoms with van der Waals surface area (Å²) in [6, 6.07) is 14.4. The number of nitriles is 1. The van der Waals surface area contributed by atoms with Crippen molar-refractivity contribution in [3.05, 3.63) is 59.3 Å². The molecule has 1 aromatic heterocycles. The van der Waals surface area contributed by atoms with E-state index in [4.69, 9.17) is 0 Å². The Hall–Kier alpha value is -2.98. The zero-order valence-corrected chi connectivity index (χ0v) is 17.9. The Kier molecular flexibility index (Phi) is 5.44. The van der Waals surface area contributed by atoms with Gasteiger partial charge in [0, 0.05) is 6.04 Å². The van der Waals surface area contributed by atoms with E-state index in [0.717, 1.165) is 36.8 Å². The molecule has 1 N–H and O–H groups in total. The Morgan fingerprint density at radius 1 is 1.03 bits per heavy atom.